The van der Waals surface area contributed by atoms with Gasteiger partial charge in [0.25, 0.3) is 5.91 Å². The molecule has 3 rings (SSSR count). The molecule has 1 aliphatic heterocycles. The number of nitrogens with one attached hydrogen (secondary N) is 1. The van der Waals surface area contributed by atoms with E-state index in [1.54, 1.807) is 41.3 Å². The highest BCUT2D eigenvalue weighted by molar-refractivity contribution is 6.34. The molecule has 1 aliphatic rings. The zero-order valence-corrected chi connectivity index (χ0v) is 15.5. The number of rotatable bonds is 6. The summed E-state index contributed by atoms with van der Waals surface area (Å²) in [5.41, 5.74) is 1.92. The van der Waals surface area contributed by atoms with Crippen LogP contribution in [0.4, 0.5) is 5.69 Å². The van der Waals surface area contributed by atoms with Gasteiger partial charge in [-0.15, -0.1) is 0 Å². The van der Waals surface area contributed by atoms with Gasteiger partial charge in [0.15, 0.2) is 0 Å². The molecule has 0 atom stereocenters. The first-order valence-electron chi connectivity index (χ1n) is 8.71. The van der Waals surface area contributed by atoms with Crippen LogP contribution in [0.3, 0.4) is 0 Å². The predicted molar refractivity (Wildman–Crippen MR) is 103 cm³/mol. The van der Waals surface area contributed by atoms with E-state index in [0.29, 0.717) is 61.4 Å². The Kier molecular flexibility index (Phi) is 6.53. The first-order valence-corrected chi connectivity index (χ1v) is 9.08. The third-order valence-electron chi connectivity index (χ3n) is 4.18. The molecule has 2 aromatic rings. The van der Waals surface area contributed by atoms with E-state index in [9.17, 15) is 4.79 Å². The third-order valence-corrected chi connectivity index (χ3v) is 4.49. The van der Waals surface area contributed by atoms with E-state index >= 15 is 0 Å². The summed E-state index contributed by atoms with van der Waals surface area (Å²) in [5, 5.41) is 12.4. The fourth-order valence-electron chi connectivity index (χ4n) is 2.73. The number of morpholine rings is 1. The van der Waals surface area contributed by atoms with Crippen molar-refractivity contribution in [1.29, 1.82) is 5.26 Å². The predicted octanol–water partition coefficient (Wildman–Crippen LogP) is 3.17. The number of amides is 1. The maximum Gasteiger partial charge on any atom is 0.255 e. The van der Waals surface area contributed by atoms with Gasteiger partial charge >= 0.3 is 0 Å². The highest BCUT2D eigenvalue weighted by atomic mass is 35.5. The Bertz CT molecular complexity index is 827. The number of carbonyl (C=O) groups is 1. The van der Waals surface area contributed by atoms with Crippen LogP contribution in [0, 0.1) is 11.3 Å². The molecule has 27 heavy (non-hydrogen) atoms. The lowest BCUT2D eigenvalue weighted by atomic mass is 10.1. The fraction of sp³-hybridized carbons (Fsp3) is 0.300. The number of hydrogen-bond acceptors (Lipinski definition) is 5. The highest BCUT2D eigenvalue weighted by Crippen LogP contribution is 2.23. The molecule has 1 fully saturated rings. The molecule has 0 aromatic heterocycles. The minimum atomic E-state index is -0.0704. The summed E-state index contributed by atoms with van der Waals surface area (Å²) in [6.45, 7) is 3.32. The van der Waals surface area contributed by atoms with Gasteiger partial charge in [0.05, 0.1) is 35.4 Å². The molecule has 6 nitrogen and oxygen atoms in total. The number of hydrogen-bond donors (Lipinski definition) is 1. The van der Waals surface area contributed by atoms with Crippen molar-refractivity contribution in [2.45, 2.75) is 0 Å². The zero-order valence-electron chi connectivity index (χ0n) is 14.8. The summed E-state index contributed by atoms with van der Waals surface area (Å²) in [5.74, 6) is 0.638. The Labute approximate surface area is 163 Å². The van der Waals surface area contributed by atoms with Gasteiger partial charge in [0, 0.05) is 25.3 Å². The van der Waals surface area contributed by atoms with Crippen molar-refractivity contribution in [3.8, 4) is 11.8 Å². The van der Waals surface area contributed by atoms with Gasteiger partial charge in [0.2, 0.25) is 0 Å². The van der Waals surface area contributed by atoms with E-state index in [0.717, 1.165) is 5.69 Å². The molecule has 1 saturated heterocycles. The molecule has 1 heterocycles. The molecule has 7 heteroatoms. The summed E-state index contributed by atoms with van der Waals surface area (Å²) in [6.07, 6.45) is 0. The number of benzene rings is 2. The van der Waals surface area contributed by atoms with Crippen molar-refractivity contribution in [3.63, 3.8) is 0 Å². The van der Waals surface area contributed by atoms with Gasteiger partial charge in [-0.25, -0.2) is 0 Å². The molecule has 0 aliphatic carbocycles. The Morgan fingerprint density at radius 2 is 1.96 bits per heavy atom. The first kappa shape index (κ1) is 19.0. The average molecular weight is 386 g/mol. The van der Waals surface area contributed by atoms with Crippen LogP contribution in [0.25, 0.3) is 0 Å². The lowest BCUT2D eigenvalue weighted by Crippen LogP contribution is -2.40. The van der Waals surface area contributed by atoms with Gasteiger partial charge < -0.3 is 19.7 Å². The van der Waals surface area contributed by atoms with E-state index in [4.69, 9.17) is 26.3 Å². The van der Waals surface area contributed by atoms with Crippen LogP contribution in [-0.2, 0) is 4.74 Å². The van der Waals surface area contributed by atoms with Crippen molar-refractivity contribution in [2.75, 3.05) is 44.8 Å². The van der Waals surface area contributed by atoms with E-state index < -0.39 is 0 Å². The minimum absolute atomic E-state index is 0.0704. The van der Waals surface area contributed by atoms with Crippen LogP contribution in [0.15, 0.2) is 42.5 Å². The Hall–Kier alpha value is -2.75. The Morgan fingerprint density at radius 1 is 1.22 bits per heavy atom. The van der Waals surface area contributed by atoms with Crippen molar-refractivity contribution in [3.05, 3.63) is 58.6 Å². The van der Waals surface area contributed by atoms with Crippen LogP contribution < -0.4 is 10.1 Å². The molecule has 0 bridgehead atoms. The fourth-order valence-corrected chi connectivity index (χ4v) is 2.99. The first-order chi connectivity index (χ1) is 13.2. The van der Waals surface area contributed by atoms with E-state index in [2.05, 4.69) is 11.4 Å². The van der Waals surface area contributed by atoms with Crippen LogP contribution in [0.1, 0.15) is 15.9 Å². The summed E-state index contributed by atoms with van der Waals surface area (Å²) in [6, 6.07) is 14.4. The summed E-state index contributed by atoms with van der Waals surface area (Å²) in [7, 11) is 0. The molecule has 0 unspecified atom stereocenters. The van der Waals surface area contributed by atoms with E-state index in [1.165, 1.54) is 0 Å². The second kappa shape index (κ2) is 9.26. The molecule has 1 amide bonds. The number of nitrogens with zero attached hydrogens (tertiary/aromatic N) is 2. The van der Waals surface area contributed by atoms with Gasteiger partial charge in [0.1, 0.15) is 12.4 Å². The van der Waals surface area contributed by atoms with Crippen LogP contribution >= 0.6 is 11.6 Å². The third kappa shape index (κ3) is 5.13. The molecule has 140 valence electrons. The van der Waals surface area contributed by atoms with Gasteiger partial charge in [-0.1, -0.05) is 11.6 Å². The van der Waals surface area contributed by atoms with Gasteiger partial charge in [-0.05, 0) is 42.5 Å². The standard InChI is InChI=1S/C20H20ClN3O3/c21-19-13-16(3-6-18(19)20(25)24-8-11-26-12-9-24)23-7-10-27-17-4-1-15(14-22)2-5-17/h1-6,13,23H,7-12H2. The molecular formula is C20H20ClN3O3. The van der Waals surface area contributed by atoms with E-state index in [-0.39, 0.29) is 5.91 Å². The van der Waals surface area contributed by atoms with Crippen molar-refractivity contribution in [2.24, 2.45) is 0 Å². The number of ether oxygens (including phenoxy) is 2. The number of carbonyl (C=O) groups excluding carboxylic acids is 1. The second-order valence-corrected chi connectivity index (χ2v) is 6.42. The topological polar surface area (TPSA) is 74.6 Å². The minimum Gasteiger partial charge on any atom is -0.492 e. The number of anilines is 1. The maximum atomic E-state index is 12.5. The van der Waals surface area contributed by atoms with Gasteiger partial charge in [-0.2, -0.15) is 5.26 Å². The summed E-state index contributed by atoms with van der Waals surface area (Å²) < 4.78 is 10.9. The number of halogens is 1. The summed E-state index contributed by atoms with van der Waals surface area (Å²) in [4.78, 5) is 14.3. The SMILES string of the molecule is N#Cc1ccc(OCCNc2ccc(C(=O)N3CCOCC3)c(Cl)c2)cc1. The molecule has 0 radical (unpaired) electrons. The van der Waals surface area contributed by atoms with Crippen LogP contribution in [0.5, 0.6) is 5.75 Å². The lowest BCUT2D eigenvalue weighted by molar-refractivity contribution is 0.0303. The smallest absolute Gasteiger partial charge is 0.255 e. The Morgan fingerprint density at radius 3 is 2.63 bits per heavy atom. The highest BCUT2D eigenvalue weighted by Gasteiger charge is 2.20. The van der Waals surface area contributed by atoms with Gasteiger partial charge in [-0.3, -0.25) is 4.79 Å². The largest absolute Gasteiger partial charge is 0.492 e. The van der Waals surface area contributed by atoms with E-state index in [1.807, 2.05) is 6.07 Å². The molecule has 0 saturated carbocycles. The molecule has 0 spiro atoms. The Balaban J connectivity index is 1.50. The zero-order chi connectivity index (χ0) is 19.1. The van der Waals surface area contributed by atoms with Crippen molar-refractivity contribution < 1.29 is 14.3 Å². The monoisotopic (exact) mass is 385 g/mol. The van der Waals surface area contributed by atoms with Crippen LogP contribution in [0.2, 0.25) is 5.02 Å². The van der Waals surface area contributed by atoms with Crippen molar-refractivity contribution >= 4 is 23.2 Å². The van der Waals surface area contributed by atoms with Crippen LogP contribution in [-0.4, -0.2) is 50.3 Å². The molecular weight excluding hydrogens is 366 g/mol. The average Bonchev–Trinajstić information content (AvgIpc) is 2.72. The number of nitriles is 1. The summed E-state index contributed by atoms with van der Waals surface area (Å²) >= 11 is 6.30. The normalized spacial score (nSPS) is 13.7. The lowest BCUT2D eigenvalue weighted by Gasteiger charge is -2.27. The second-order valence-electron chi connectivity index (χ2n) is 6.01. The van der Waals surface area contributed by atoms with Crippen molar-refractivity contribution in [1.82, 2.24) is 4.90 Å². The molecule has 2 aromatic carbocycles. The maximum absolute atomic E-state index is 12.5. The molecule has 1 N–H and O–H groups in total. The quantitative estimate of drug-likeness (QED) is 0.773.